The molecule has 0 heterocycles. The number of carboxylic acid groups (broad SMARTS) is 1. The van der Waals surface area contributed by atoms with Gasteiger partial charge < -0.3 is 5.11 Å². The fraction of sp³-hybridized carbons (Fsp3) is 0.130. The summed E-state index contributed by atoms with van der Waals surface area (Å²) in [6.07, 6.45) is 1.08. The lowest BCUT2D eigenvalue weighted by atomic mass is 10.2. The standard InChI is InChI=1S/C20H19P.C3H4O3/c1-2-17-11-9-10-16-20(17)21(18-12-5-3-6-13-18)19-14-7-4-8-15-19;1-2(4)3(5)6/h3-16H,2H2,1H3;1H3,(H,5,6). The van der Waals surface area contributed by atoms with Crippen LogP contribution in [0, 0.1) is 0 Å². The second kappa shape index (κ2) is 10.4. The summed E-state index contributed by atoms with van der Waals surface area (Å²) in [5.41, 5.74) is 1.45. The van der Waals surface area contributed by atoms with Crippen LogP contribution in [0.2, 0.25) is 0 Å². The molecule has 3 aromatic rings. The molecule has 138 valence electrons. The highest BCUT2D eigenvalue weighted by atomic mass is 31.1. The molecule has 3 nitrogen and oxygen atoms in total. The van der Waals surface area contributed by atoms with Crippen molar-refractivity contribution in [3.8, 4) is 0 Å². The number of hydrogen-bond donors (Lipinski definition) is 1. The van der Waals surface area contributed by atoms with Gasteiger partial charge in [-0.15, -0.1) is 0 Å². The first-order valence-corrected chi connectivity index (χ1v) is 10.1. The number of rotatable bonds is 5. The second-order valence-electron chi connectivity index (χ2n) is 5.85. The molecule has 3 rings (SSSR count). The Labute approximate surface area is 161 Å². The van der Waals surface area contributed by atoms with Crippen LogP contribution >= 0.6 is 7.92 Å². The number of carbonyl (C=O) groups is 2. The van der Waals surface area contributed by atoms with E-state index in [1.54, 1.807) is 0 Å². The van der Waals surface area contributed by atoms with E-state index in [0.717, 1.165) is 13.3 Å². The third-order valence-electron chi connectivity index (χ3n) is 3.94. The molecule has 0 spiro atoms. The molecule has 27 heavy (non-hydrogen) atoms. The molecule has 0 saturated heterocycles. The van der Waals surface area contributed by atoms with Crippen molar-refractivity contribution in [2.24, 2.45) is 0 Å². The van der Waals surface area contributed by atoms with E-state index in [2.05, 4.69) is 91.9 Å². The highest BCUT2D eigenvalue weighted by Crippen LogP contribution is 2.33. The number of Topliss-reactive ketones (excluding diaryl/α,β-unsaturated/α-hetero) is 1. The maximum absolute atomic E-state index is 9.54. The van der Waals surface area contributed by atoms with Crippen molar-refractivity contribution in [2.75, 3.05) is 0 Å². The van der Waals surface area contributed by atoms with Crippen LogP contribution in [0.4, 0.5) is 0 Å². The summed E-state index contributed by atoms with van der Waals surface area (Å²) in [7, 11) is -0.473. The number of carboxylic acids is 1. The summed E-state index contributed by atoms with van der Waals surface area (Å²) in [4.78, 5) is 18.9. The minimum Gasteiger partial charge on any atom is -0.476 e. The van der Waals surface area contributed by atoms with E-state index in [0.29, 0.717) is 0 Å². The number of hydrogen-bond acceptors (Lipinski definition) is 2. The van der Waals surface area contributed by atoms with Gasteiger partial charge in [-0.3, -0.25) is 4.79 Å². The van der Waals surface area contributed by atoms with Crippen molar-refractivity contribution >= 4 is 35.6 Å². The molecule has 0 fully saturated rings. The lowest BCUT2D eigenvalue weighted by Gasteiger charge is -2.21. The average Bonchev–Trinajstić information content (AvgIpc) is 2.71. The summed E-state index contributed by atoms with van der Waals surface area (Å²) < 4.78 is 0. The molecule has 0 aliphatic heterocycles. The molecule has 0 unspecified atom stereocenters. The van der Waals surface area contributed by atoms with Gasteiger partial charge in [-0.1, -0.05) is 91.9 Å². The molecule has 0 aromatic heterocycles. The van der Waals surface area contributed by atoms with Crippen molar-refractivity contribution in [2.45, 2.75) is 20.3 Å². The molecular formula is C23H23O3P. The molecule has 3 aromatic carbocycles. The highest BCUT2D eigenvalue weighted by Gasteiger charge is 2.18. The molecule has 0 radical (unpaired) electrons. The molecular weight excluding hydrogens is 355 g/mol. The van der Waals surface area contributed by atoms with Gasteiger partial charge in [0.05, 0.1) is 0 Å². The Morgan fingerprint density at radius 1 is 0.778 bits per heavy atom. The fourth-order valence-electron chi connectivity index (χ4n) is 2.61. The van der Waals surface area contributed by atoms with E-state index in [9.17, 15) is 9.59 Å². The number of carbonyl (C=O) groups excluding carboxylic acids is 1. The number of benzene rings is 3. The monoisotopic (exact) mass is 378 g/mol. The maximum atomic E-state index is 9.54. The molecule has 0 saturated carbocycles. The molecule has 0 atom stereocenters. The van der Waals surface area contributed by atoms with Gasteiger partial charge in [-0.25, -0.2) is 4.79 Å². The van der Waals surface area contributed by atoms with Crippen molar-refractivity contribution < 1.29 is 14.7 Å². The van der Waals surface area contributed by atoms with Gasteiger partial charge in [0.25, 0.3) is 0 Å². The third kappa shape index (κ3) is 5.87. The van der Waals surface area contributed by atoms with Crippen LogP contribution in [-0.2, 0) is 16.0 Å². The number of ketones is 1. The lowest BCUT2D eigenvalue weighted by Crippen LogP contribution is -2.22. The predicted molar refractivity (Wildman–Crippen MR) is 113 cm³/mol. The molecule has 4 heteroatoms. The van der Waals surface area contributed by atoms with Crippen LogP contribution in [0.1, 0.15) is 19.4 Å². The van der Waals surface area contributed by atoms with Crippen LogP contribution in [-0.4, -0.2) is 16.9 Å². The summed E-state index contributed by atoms with van der Waals surface area (Å²) >= 11 is 0. The van der Waals surface area contributed by atoms with E-state index in [1.165, 1.54) is 21.5 Å². The Bertz CT molecular complexity index is 825. The van der Waals surface area contributed by atoms with Gasteiger partial charge in [0.1, 0.15) is 0 Å². The topological polar surface area (TPSA) is 54.4 Å². The lowest BCUT2D eigenvalue weighted by molar-refractivity contribution is -0.148. The molecule has 0 amide bonds. The Balaban J connectivity index is 0.000000380. The normalized spacial score (nSPS) is 10.0. The summed E-state index contributed by atoms with van der Waals surface area (Å²) in [5.74, 6) is -2.20. The largest absolute Gasteiger partial charge is 0.476 e. The van der Waals surface area contributed by atoms with Crippen LogP contribution in [0.5, 0.6) is 0 Å². The molecule has 1 N–H and O–H groups in total. The van der Waals surface area contributed by atoms with Crippen LogP contribution in [0.15, 0.2) is 84.9 Å². The molecule has 0 aliphatic carbocycles. The summed E-state index contributed by atoms with van der Waals surface area (Å²) in [6.45, 7) is 3.24. The van der Waals surface area contributed by atoms with E-state index in [-0.39, 0.29) is 0 Å². The first-order chi connectivity index (χ1) is 13.0. The maximum Gasteiger partial charge on any atom is 0.371 e. The zero-order chi connectivity index (χ0) is 19.6. The molecule has 0 aliphatic rings. The minimum atomic E-state index is -1.38. The summed E-state index contributed by atoms with van der Waals surface area (Å²) in [5, 5.41) is 12.0. The van der Waals surface area contributed by atoms with Crippen molar-refractivity contribution in [1.82, 2.24) is 0 Å². The van der Waals surface area contributed by atoms with Gasteiger partial charge in [-0.2, -0.15) is 0 Å². The van der Waals surface area contributed by atoms with E-state index in [1.807, 2.05) is 0 Å². The Kier molecular flexibility index (Phi) is 7.91. The highest BCUT2D eigenvalue weighted by molar-refractivity contribution is 7.79. The van der Waals surface area contributed by atoms with Crippen LogP contribution in [0.25, 0.3) is 0 Å². The Hall–Kier alpha value is -2.77. The van der Waals surface area contributed by atoms with E-state index in [4.69, 9.17) is 5.11 Å². The average molecular weight is 378 g/mol. The quantitative estimate of drug-likeness (QED) is 0.544. The summed E-state index contributed by atoms with van der Waals surface area (Å²) in [6, 6.07) is 30.6. The fourth-order valence-corrected chi connectivity index (χ4v) is 5.16. The van der Waals surface area contributed by atoms with Gasteiger partial charge in [0, 0.05) is 6.92 Å². The van der Waals surface area contributed by atoms with Crippen molar-refractivity contribution in [1.29, 1.82) is 0 Å². The van der Waals surface area contributed by atoms with Crippen LogP contribution in [0.3, 0.4) is 0 Å². The van der Waals surface area contributed by atoms with E-state index < -0.39 is 19.7 Å². The minimum absolute atomic E-state index is 0.473. The van der Waals surface area contributed by atoms with Crippen molar-refractivity contribution in [3.63, 3.8) is 0 Å². The SMILES string of the molecule is CC(=O)C(=O)O.CCc1ccccc1P(c1ccccc1)c1ccccc1. The Morgan fingerprint density at radius 3 is 1.59 bits per heavy atom. The second-order valence-corrected chi connectivity index (χ2v) is 8.04. The van der Waals surface area contributed by atoms with Crippen molar-refractivity contribution in [3.05, 3.63) is 90.5 Å². The van der Waals surface area contributed by atoms with Gasteiger partial charge in [-0.05, 0) is 35.8 Å². The number of aryl methyl sites for hydroxylation is 1. The van der Waals surface area contributed by atoms with Gasteiger partial charge in [0.2, 0.25) is 5.78 Å². The molecule has 0 bridgehead atoms. The zero-order valence-corrected chi connectivity index (χ0v) is 16.4. The Morgan fingerprint density at radius 2 is 1.19 bits per heavy atom. The third-order valence-corrected chi connectivity index (χ3v) is 6.49. The first kappa shape index (κ1) is 20.5. The first-order valence-electron chi connectivity index (χ1n) is 8.76. The van der Waals surface area contributed by atoms with Gasteiger partial charge in [0.15, 0.2) is 0 Å². The smallest absolute Gasteiger partial charge is 0.371 e. The van der Waals surface area contributed by atoms with Gasteiger partial charge >= 0.3 is 5.97 Å². The predicted octanol–water partition coefficient (Wildman–Crippen LogP) is 3.67. The van der Waals surface area contributed by atoms with Crippen LogP contribution < -0.4 is 15.9 Å². The van der Waals surface area contributed by atoms with E-state index >= 15 is 0 Å². The number of aliphatic carboxylic acids is 1. The zero-order valence-electron chi connectivity index (χ0n) is 15.5.